The lowest BCUT2D eigenvalue weighted by Crippen LogP contribution is -2.26. The summed E-state index contributed by atoms with van der Waals surface area (Å²) in [5.41, 5.74) is 2.47. The molecular formula is C19H14Cl2N4O2. The number of hydrogen-bond donors (Lipinski definition) is 2. The first kappa shape index (κ1) is 17.6. The van der Waals surface area contributed by atoms with Gasteiger partial charge in [-0.2, -0.15) is 0 Å². The molecule has 4 rings (SSSR count). The van der Waals surface area contributed by atoms with E-state index in [1.165, 1.54) is 10.9 Å². The van der Waals surface area contributed by atoms with Gasteiger partial charge in [-0.3, -0.25) is 19.7 Å². The fourth-order valence-electron chi connectivity index (χ4n) is 2.95. The zero-order valence-electron chi connectivity index (χ0n) is 14.2. The number of carbonyl (C=O) groups is 1. The number of H-pyrrole nitrogens is 1. The molecular weight excluding hydrogens is 387 g/mol. The minimum Gasteiger partial charge on any atom is -0.324 e. The van der Waals surface area contributed by atoms with E-state index in [1.54, 1.807) is 30.3 Å². The fraction of sp³-hybridized carbons (Fsp3) is 0.105. The van der Waals surface area contributed by atoms with Gasteiger partial charge in [0, 0.05) is 27.3 Å². The summed E-state index contributed by atoms with van der Waals surface area (Å²) in [6.07, 6.45) is 1.50. The van der Waals surface area contributed by atoms with Gasteiger partial charge in [0.15, 0.2) is 0 Å². The molecule has 1 amide bonds. The van der Waals surface area contributed by atoms with Crippen LogP contribution < -0.4 is 10.9 Å². The summed E-state index contributed by atoms with van der Waals surface area (Å²) < 4.78 is 1.25. The molecule has 0 fully saturated rings. The van der Waals surface area contributed by atoms with Crippen LogP contribution in [-0.4, -0.2) is 20.7 Å². The number of nitrogens with zero attached hydrogens (tertiary/aromatic N) is 2. The lowest BCUT2D eigenvalue weighted by Gasteiger charge is -2.09. The molecule has 27 heavy (non-hydrogen) atoms. The Kier molecular flexibility index (Phi) is 4.37. The van der Waals surface area contributed by atoms with Gasteiger partial charge in [0.05, 0.1) is 16.4 Å². The monoisotopic (exact) mass is 400 g/mol. The van der Waals surface area contributed by atoms with E-state index in [0.717, 1.165) is 10.9 Å². The quantitative estimate of drug-likeness (QED) is 0.542. The highest BCUT2D eigenvalue weighted by atomic mass is 35.5. The third-order valence-corrected chi connectivity index (χ3v) is 4.80. The summed E-state index contributed by atoms with van der Waals surface area (Å²) in [4.78, 5) is 29.3. The van der Waals surface area contributed by atoms with Crippen LogP contribution in [0.4, 0.5) is 5.69 Å². The minimum absolute atomic E-state index is 0.165. The van der Waals surface area contributed by atoms with Crippen LogP contribution in [0, 0.1) is 6.92 Å². The maximum atomic E-state index is 12.6. The van der Waals surface area contributed by atoms with Crippen molar-refractivity contribution in [2.24, 2.45) is 0 Å². The molecule has 0 radical (unpaired) electrons. The second-order valence-corrected chi connectivity index (χ2v) is 7.09. The van der Waals surface area contributed by atoms with Crippen molar-refractivity contribution in [2.45, 2.75) is 13.5 Å². The van der Waals surface area contributed by atoms with Crippen molar-refractivity contribution in [3.8, 4) is 0 Å². The number of benzene rings is 2. The number of aromatic nitrogens is 3. The Labute approximate surface area is 163 Å². The number of pyridine rings is 1. The maximum absolute atomic E-state index is 12.6. The van der Waals surface area contributed by atoms with Crippen LogP contribution in [-0.2, 0) is 11.3 Å². The molecule has 0 atom stereocenters. The molecule has 2 N–H and O–H groups in total. The number of anilines is 1. The number of amides is 1. The van der Waals surface area contributed by atoms with E-state index in [1.807, 2.05) is 13.0 Å². The van der Waals surface area contributed by atoms with Crippen LogP contribution in [0.15, 0.2) is 47.4 Å². The van der Waals surface area contributed by atoms with Crippen molar-refractivity contribution in [1.29, 1.82) is 0 Å². The van der Waals surface area contributed by atoms with E-state index in [9.17, 15) is 9.59 Å². The normalized spacial score (nSPS) is 11.2. The summed E-state index contributed by atoms with van der Waals surface area (Å²) in [7, 11) is 0. The molecule has 8 heteroatoms. The second kappa shape index (κ2) is 6.72. The molecule has 2 aromatic heterocycles. The van der Waals surface area contributed by atoms with Crippen LogP contribution in [0.25, 0.3) is 21.8 Å². The summed E-state index contributed by atoms with van der Waals surface area (Å²) in [6.45, 7) is 1.70. The minimum atomic E-state index is -0.343. The number of halogens is 2. The Morgan fingerprint density at radius 3 is 2.70 bits per heavy atom. The Hall–Kier alpha value is -2.83. The molecule has 0 saturated heterocycles. The third-order valence-electron chi connectivity index (χ3n) is 4.33. The summed E-state index contributed by atoms with van der Waals surface area (Å²) >= 11 is 12.0. The Morgan fingerprint density at radius 1 is 1.15 bits per heavy atom. The van der Waals surface area contributed by atoms with Crippen LogP contribution in [0.5, 0.6) is 0 Å². The number of nitrogens with one attached hydrogen (secondary N) is 2. The van der Waals surface area contributed by atoms with Crippen LogP contribution in [0.1, 0.15) is 5.56 Å². The van der Waals surface area contributed by atoms with Crippen LogP contribution >= 0.6 is 23.2 Å². The van der Waals surface area contributed by atoms with Crippen molar-refractivity contribution in [2.75, 3.05) is 5.32 Å². The van der Waals surface area contributed by atoms with E-state index in [-0.39, 0.29) is 18.0 Å². The molecule has 0 unspecified atom stereocenters. The molecule has 0 aliphatic carbocycles. The number of carbonyl (C=O) groups excluding carboxylic acids is 1. The van der Waals surface area contributed by atoms with Crippen molar-refractivity contribution in [3.05, 3.63) is 68.6 Å². The van der Waals surface area contributed by atoms with Crippen LogP contribution in [0.3, 0.4) is 0 Å². The topological polar surface area (TPSA) is 79.8 Å². The first-order valence-corrected chi connectivity index (χ1v) is 8.91. The van der Waals surface area contributed by atoms with Crippen molar-refractivity contribution >= 4 is 56.6 Å². The van der Waals surface area contributed by atoms with E-state index in [4.69, 9.17) is 23.2 Å². The Balaban J connectivity index is 1.69. The highest BCUT2D eigenvalue weighted by molar-refractivity contribution is 6.31. The number of hydrogen-bond acceptors (Lipinski definition) is 3. The smallest absolute Gasteiger partial charge is 0.276 e. The van der Waals surface area contributed by atoms with Crippen molar-refractivity contribution in [3.63, 3.8) is 0 Å². The van der Waals surface area contributed by atoms with Gasteiger partial charge in [-0.25, -0.2) is 4.68 Å². The molecule has 0 aliphatic heterocycles. The van der Waals surface area contributed by atoms with E-state index in [0.29, 0.717) is 32.2 Å². The average molecular weight is 401 g/mol. The molecule has 136 valence electrons. The number of fused-ring (bicyclic) bond motifs is 3. The lowest BCUT2D eigenvalue weighted by atomic mass is 10.2. The molecule has 2 aromatic carbocycles. The van der Waals surface area contributed by atoms with E-state index in [2.05, 4.69) is 15.4 Å². The molecule has 6 nitrogen and oxygen atoms in total. The first-order chi connectivity index (χ1) is 12.9. The van der Waals surface area contributed by atoms with Gasteiger partial charge in [0.25, 0.3) is 5.56 Å². The number of aryl methyl sites for hydroxylation is 1. The number of aromatic amines is 1. The van der Waals surface area contributed by atoms with Gasteiger partial charge in [-0.15, -0.1) is 0 Å². The molecule has 0 aliphatic rings. The van der Waals surface area contributed by atoms with Gasteiger partial charge in [0.1, 0.15) is 6.54 Å². The predicted octanol–water partition coefficient (Wildman–Crippen LogP) is 4.13. The second-order valence-electron chi connectivity index (χ2n) is 6.22. The highest BCUT2D eigenvalue weighted by Gasteiger charge is 2.14. The van der Waals surface area contributed by atoms with Gasteiger partial charge in [0.2, 0.25) is 5.91 Å². The lowest BCUT2D eigenvalue weighted by molar-refractivity contribution is -0.116. The average Bonchev–Trinajstić information content (AvgIpc) is 2.94. The zero-order chi connectivity index (χ0) is 19.1. The van der Waals surface area contributed by atoms with E-state index >= 15 is 0 Å². The van der Waals surface area contributed by atoms with E-state index < -0.39 is 0 Å². The number of rotatable bonds is 3. The third kappa shape index (κ3) is 3.29. The largest absolute Gasteiger partial charge is 0.324 e. The van der Waals surface area contributed by atoms with Crippen molar-refractivity contribution < 1.29 is 4.79 Å². The van der Waals surface area contributed by atoms with Gasteiger partial charge in [-0.05, 0) is 42.8 Å². The molecule has 0 saturated carbocycles. The highest BCUT2D eigenvalue weighted by Crippen LogP contribution is 2.23. The zero-order valence-corrected chi connectivity index (χ0v) is 15.7. The Bertz CT molecular complexity index is 1260. The predicted molar refractivity (Wildman–Crippen MR) is 108 cm³/mol. The molecule has 0 spiro atoms. The molecule has 0 bridgehead atoms. The fourth-order valence-corrected chi connectivity index (χ4v) is 3.30. The molecule has 4 aromatic rings. The standard InChI is InChI=1S/C19H14Cl2N4O2/c1-10-2-3-12(21)7-16(10)23-17(26)9-25-19(27)14-8-22-15-5-4-11(20)6-13(15)18(14)24-25/h2-8,24H,9H2,1H3,(H,23,26). The van der Waals surface area contributed by atoms with Gasteiger partial charge < -0.3 is 5.32 Å². The summed E-state index contributed by atoms with van der Waals surface area (Å²) in [6, 6.07) is 10.5. The summed E-state index contributed by atoms with van der Waals surface area (Å²) in [5, 5.41) is 7.96. The Morgan fingerprint density at radius 2 is 1.89 bits per heavy atom. The van der Waals surface area contributed by atoms with Crippen molar-refractivity contribution in [1.82, 2.24) is 14.8 Å². The first-order valence-electron chi connectivity index (χ1n) is 8.15. The maximum Gasteiger partial charge on any atom is 0.276 e. The SMILES string of the molecule is Cc1ccc(Cl)cc1NC(=O)Cn1[nH]c2c(cnc3ccc(Cl)cc32)c1=O. The van der Waals surface area contributed by atoms with Gasteiger partial charge in [-0.1, -0.05) is 29.3 Å². The van der Waals surface area contributed by atoms with Crippen LogP contribution in [0.2, 0.25) is 10.0 Å². The van der Waals surface area contributed by atoms with Gasteiger partial charge >= 0.3 is 0 Å². The molecule has 2 heterocycles. The summed E-state index contributed by atoms with van der Waals surface area (Å²) in [5.74, 6) is -0.343.